The first-order valence-electron chi connectivity index (χ1n) is 6.06. The number of hydrogen-bond acceptors (Lipinski definition) is 0. The van der Waals surface area contributed by atoms with Gasteiger partial charge < -0.3 is 0 Å². The van der Waals surface area contributed by atoms with Crippen LogP contribution in [0, 0.1) is 0 Å². The van der Waals surface area contributed by atoms with E-state index in [0.717, 1.165) is 5.56 Å². The summed E-state index contributed by atoms with van der Waals surface area (Å²) in [5, 5.41) is 0. The van der Waals surface area contributed by atoms with Gasteiger partial charge >= 0.3 is 6.18 Å². The van der Waals surface area contributed by atoms with Crippen LogP contribution in [-0.4, -0.2) is 0 Å². The van der Waals surface area contributed by atoms with Gasteiger partial charge in [-0.25, -0.2) is 0 Å². The zero-order chi connectivity index (χ0) is 13.6. The molecule has 98 valence electrons. The average Bonchev–Trinajstić information content (AvgIpc) is 2.29. The second-order valence-electron chi connectivity index (χ2n) is 3.92. The Hall–Kier alpha value is -0.990. The molecule has 0 nitrogen and oxygen atoms in total. The van der Waals surface area contributed by atoms with Crippen molar-refractivity contribution in [1.29, 1.82) is 0 Å². The minimum absolute atomic E-state index is 0.262. The lowest BCUT2D eigenvalue weighted by Crippen LogP contribution is -2.09. The average molecular weight is 246 g/mol. The molecule has 0 aliphatic carbocycles. The van der Waals surface area contributed by atoms with E-state index in [0.29, 0.717) is 12.0 Å². The zero-order valence-corrected chi connectivity index (χ0v) is 11.2. The van der Waals surface area contributed by atoms with Crippen LogP contribution in [0.15, 0.2) is 18.2 Å². The Morgan fingerprint density at radius 3 is 2.00 bits per heavy atom. The Labute approximate surface area is 102 Å². The normalized spacial score (nSPS) is 11.1. The smallest absolute Gasteiger partial charge is 0.166 e. The summed E-state index contributed by atoms with van der Waals surface area (Å²) in [7, 11) is 0. The standard InChI is InChI=1S/C12H15F3.C2H6/c1-4-9-7-10(8(2)3)5-6-11(9)12(13,14)15;1-2/h5-8H,4H2,1-3H3;1-2H3. The second-order valence-corrected chi connectivity index (χ2v) is 3.92. The van der Waals surface area contributed by atoms with Crippen molar-refractivity contribution < 1.29 is 13.2 Å². The molecular formula is C14H21F3. The van der Waals surface area contributed by atoms with Crippen LogP contribution in [0.5, 0.6) is 0 Å². The van der Waals surface area contributed by atoms with Gasteiger partial charge in [-0.2, -0.15) is 13.2 Å². The van der Waals surface area contributed by atoms with Crippen LogP contribution in [0.4, 0.5) is 13.2 Å². The first-order chi connectivity index (χ1) is 7.86. The highest BCUT2D eigenvalue weighted by Gasteiger charge is 2.32. The molecule has 0 saturated heterocycles. The fourth-order valence-corrected chi connectivity index (χ4v) is 1.54. The summed E-state index contributed by atoms with van der Waals surface area (Å²) in [6.45, 7) is 9.69. The molecule has 0 spiro atoms. The lowest BCUT2D eigenvalue weighted by Gasteiger charge is -2.14. The molecule has 0 unspecified atom stereocenters. The van der Waals surface area contributed by atoms with Gasteiger partial charge in [-0.3, -0.25) is 0 Å². The summed E-state index contributed by atoms with van der Waals surface area (Å²) in [5.41, 5.74) is 0.836. The van der Waals surface area contributed by atoms with Crippen molar-refractivity contribution in [1.82, 2.24) is 0 Å². The molecule has 0 saturated carbocycles. The van der Waals surface area contributed by atoms with Gasteiger partial charge in [0.15, 0.2) is 0 Å². The minimum Gasteiger partial charge on any atom is -0.166 e. The van der Waals surface area contributed by atoms with Crippen LogP contribution in [0.1, 0.15) is 57.2 Å². The molecule has 1 rings (SSSR count). The molecule has 0 aromatic heterocycles. The summed E-state index contributed by atoms with van der Waals surface area (Å²) >= 11 is 0. The van der Waals surface area contributed by atoms with Crippen molar-refractivity contribution in [3.63, 3.8) is 0 Å². The van der Waals surface area contributed by atoms with Crippen LogP contribution in [0.3, 0.4) is 0 Å². The predicted octanol–water partition coefficient (Wildman–Crippen LogP) is 5.42. The largest absolute Gasteiger partial charge is 0.416 e. The van der Waals surface area contributed by atoms with Crippen molar-refractivity contribution in [3.05, 3.63) is 34.9 Å². The SMILES string of the molecule is CC.CCc1cc(C(C)C)ccc1C(F)(F)F. The third kappa shape index (κ3) is 4.41. The van der Waals surface area contributed by atoms with E-state index in [-0.39, 0.29) is 5.92 Å². The van der Waals surface area contributed by atoms with Crippen LogP contribution in [0.2, 0.25) is 0 Å². The van der Waals surface area contributed by atoms with Gasteiger partial charge in [-0.05, 0) is 29.5 Å². The van der Waals surface area contributed by atoms with Crippen LogP contribution >= 0.6 is 0 Å². The highest BCUT2D eigenvalue weighted by molar-refractivity contribution is 5.35. The van der Waals surface area contributed by atoms with Crippen molar-refractivity contribution >= 4 is 0 Å². The van der Waals surface area contributed by atoms with E-state index in [9.17, 15) is 13.2 Å². The first-order valence-corrected chi connectivity index (χ1v) is 6.06. The molecule has 0 aliphatic rings. The quantitative estimate of drug-likeness (QED) is 0.653. The number of halogens is 3. The third-order valence-electron chi connectivity index (χ3n) is 2.48. The molecule has 0 N–H and O–H groups in total. The predicted molar refractivity (Wildman–Crippen MR) is 66.3 cm³/mol. The molecular weight excluding hydrogens is 225 g/mol. The molecule has 0 fully saturated rings. The maximum absolute atomic E-state index is 12.6. The summed E-state index contributed by atoms with van der Waals surface area (Å²) in [5.74, 6) is 0.262. The zero-order valence-electron chi connectivity index (χ0n) is 11.2. The summed E-state index contributed by atoms with van der Waals surface area (Å²) in [6.07, 6.45) is -3.82. The van der Waals surface area contributed by atoms with Gasteiger partial charge in [0.25, 0.3) is 0 Å². The number of rotatable bonds is 2. The van der Waals surface area contributed by atoms with Crippen molar-refractivity contribution in [2.24, 2.45) is 0 Å². The van der Waals surface area contributed by atoms with Gasteiger partial charge in [0.1, 0.15) is 0 Å². The van der Waals surface area contributed by atoms with Gasteiger partial charge in [0, 0.05) is 0 Å². The number of aryl methyl sites for hydroxylation is 1. The van der Waals surface area contributed by atoms with E-state index in [1.807, 2.05) is 27.7 Å². The Balaban J connectivity index is 0.00000121. The third-order valence-corrected chi connectivity index (χ3v) is 2.48. The van der Waals surface area contributed by atoms with E-state index in [1.54, 1.807) is 19.1 Å². The molecule has 0 aliphatic heterocycles. The Bertz CT molecular complexity index is 338. The van der Waals surface area contributed by atoms with Gasteiger partial charge in [0.05, 0.1) is 5.56 Å². The minimum atomic E-state index is -4.24. The van der Waals surface area contributed by atoms with Crippen LogP contribution in [0.25, 0.3) is 0 Å². The first kappa shape index (κ1) is 16.0. The molecule has 3 heteroatoms. The summed E-state index contributed by atoms with van der Waals surface area (Å²) in [4.78, 5) is 0. The summed E-state index contributed by atoms with van der Waals surface area (Å²) in [6, 6.07) is 4.41. The number of hydrogen-bond donors (Lipinski definition) is 0. The Kier molecular flexibility index (Phi) is 6.29. The number of alkyl halides is 3. The van der Waals surface area contributed by atoms with Gasteiger partial charge in [-0.15, -0.1) is 0 Å². The van der Waals surface area contributed by atoms with Crippen molar-refractivity contribution in [3.8, 4) is 0 Å². The topological polar surface area (TPSA) is 0 Å². The van der Waals surface area contributed by atoms with Crippen molar-refractivity contribution in [2.45, 2.75) is 53.1 Å². The molecule has 17 heavy (non-hydrogen) atoms. The number of benzene rings is 1. The molecule has 1 aromatic carbocycles. The monoisotopic (exact) mass is 246 g/mol. The highest BCUT2D eigenvalue weighted by atomic mass is 19.4. The molecule has 0 atom stereocenters. The Morgan fingerprint density at radius 1 is 1.12 bits per heavy atom. The summed E-state index contributed by atoms with van der Waals surface area (Å²) < 4.78 is 37.7. The second kappa shape index (κ2) is 6.67. The fraction of sp³-hybridized carbons (Fsp3) is 0.571. The van der Waals surface area contributed by atoms with E-state index in [1.165, 1.54) is 6.07 Å². The van der Waals surface area contributed by atoms with Gasteiger partial charge in [-0.1, -0.05) is 46.8 Å². The molecule has 0 amide bonds. The maximum Gasteiger partial charge on any atom is 0.416 e. The molecule has 1 aromatic rings. The van der Waals surface area contributed by atoms with E-state index in [4.69, 9.17) is 0 Å². The van der Waals surface area contributed by atoms with E-state index in [2.05, 4.69) is 0 Å². The van der Waals surface area contributed by atoms with E-state index < -0.39 is 11.7 Å². The molecule has 0 radical (unpaired) electrons. The van der Waals surface area contributed by atoms with Crippen LogP contribution < -0.4 is 0 Å². The highest BCUT2D eigenvalue weighted by Crippen LogP contribution is 2.33. The molecule has 0 heterocycles. The van der Waals surface area contributed by atoms with E-state index >= 15 is 0 Å². The lowest BCUT2D eigenvalue weighted by molar-refractivity contribution is -0.138. The van der Waals surface area contributed by atoms with Crippen molar-refractivity contribution in [2.75, 3.05) is 0 Å². The van der Waals surface area contributed by atoms with Crippen LogP contribution in [-0.2, 0) is 12.6 Å². The Morgan fingerprint density at radius 2 is 1.65 bits per heavy atom. The van der Waals surface area contributed by atoms with Gasteiger partial charge in [0.2, 0.25) is 0 Å². The molecule has 0 bridgehead atoms. The fourth-order valence-electron chi connectivity index (χ4n) is 1.54. The lowest BCUT2D eigenvalue weighted by atomic mass is 9.96. The maximum atomic E-state index is 12.6.